The molecule has 162 valence electrons. The summed E-state index contributed by atoms with van der Waals surface area (Å²) >= 11 is 0. The molecule has 1 aliphatic heterocycles. The first kappa shape index (κ1) is 21.2. The zero-order valence-corrected chi connectivity index (χ0v) is 17.6. The lowest BCUT2D eigenvalue weighted by molar-refractivity contribution is -0.199. The van der Waals surface area contributed by atoms with Crippen LogP contribution in [-0.2, 0) is 12.7 Å². The molecule has 0 spiro atoms. The molecule has 2 aromatic rings. The first-order valence-corrected chi connectivity index (χ1v) is 9.91. The number of nitrogens with zero attached hydrogens (tertiary/aromatic N) is 3. The number of nitriles is 1. The lowest BCUT2D eigenvalue weighted by atomic mass is 9.49. The number of fused-ring (bicyclic) bond motifs is 1. The monoisotopic (exact) mass is 429 g/mol. The fourth-order valence-corrected chi connectivity index (χ4v) is 5.65. The fraction of sp³-hybridized carbons (Fsp3) is 0.435. The average Bonchev–Trinajstić information content (AvgIpc) is 3.00. The van der Waals surface area contributed by atoms with E-state index < -0.39 is 34.2 Å². The lowest BCUT2D eigenvalue weighted by Gasteiger charge is -2.65. The normalized spacial score (nSPS) is 23.7. The highest BCUT2D eigenvalue weighted by molar-refractivity contribution is 5.98. The van der Waals surface area contributed by atoms with E-state index in [4.69, 9.17) is 10.00 Å². The van der Waals surface area contributed by atoms with E-state index in [0.717, 1.165) is 17.7 Å². The Kier molecular flexibility index (Phi) is 4.58. The van der Waals surface area contributed by atoms with Crippen LogP contribution in [0.3, 0.4) is 0 Å². The number of amides is 1. The number of halogens is 3. The minimum Gasteiger partial charge on any atom is -0.489 e. The second kappa shape index (κ2) is 6.71. The van der Waals surface area contributed by atoms with Crippen LogP contribution in [0.15, 0.2) is 36.7 Å². The molecule has 1 fully saturated rings. The molecule has 1 aromatic heterocycles. The highest BCUT2D eigenvalue weighted by atomic mass is 19.4. The molecule has 8 heteroatoms. The summed E-state index contributed by atoms with van der Waals surface area (Å²) in [6.45, 7) is 8.29. The molecule has 2 aliphatic rings. The maximum atomic E-state index is 13.3. The van der Waals surface area contributed by atoms with E-state index in [0.29, 0.717) is 12.1 Å². The van der Waals surface area contributed by atoms with Gasteiger partial charge in [0.1, 0.15) is 11.9 Å². The molecule has 0 atom stereocenters. The van der Waals surface area contributed by atoms with E-state index in [-0.39, 0.29) is 17.7 Å². The van der Waals surface area contributed by atoms with Crippen molar-refractivity contribution in [1.82, 2.24) is 9.88 Å². The Hall–Kier alpha value is -3.08. The Morgan fingerprint density at radius 3 is 2.45 bits per heavy atom. The van der Waals surface area contributed by atoms with Gasteiger partial charge in [0.2, 0.25) is 0 Å². The number of alkyl halides is 3. The van der Waals surface area contributed by atoms with Crippen LogP contribution in [-0.4, -0.2) is 27.9 Å². The molecule has 0 radical (unpaired) electrons. The Labute approximate surface area is 178 Å². The molecule has 1 aliphatic carbocycles. The molecule has 1 amide bonds. The van der Waals surface area contributed by atoms with Crippen LogP contribution >= 0.6 is 0 Å². The third-order valence-electron chi connectivity index (χ3n) is 6.49. The summed E-state index contributed by atoms with van der Waals surface area (Å²) < 4.78 is 46.1. The second-order valence-electron chi connectivity index (χ2n) is 9.33. The summed E-state index contributed by atoms with van der Waals surface area (Å²) in [5.41, 5.74) is -0.990. The van der Waals surface area contributed by atoms with Crippen LogP contribution in [0.2, 0.25) is 0 Å². The molecule has 2 heterocycles. The maximum absolute atomic E-state index is 13.3. The van der Waals surface area contributed by atoms with Gasteiger partial charge in [-0.1, -0.05) is 27.7 Å². The van der Waals surface area contributed by atoms with E-state index in [1.807, 2.05) is 38.7 Å². The van der Waals surface area contributed by atoms with Crippen molar-refractivity contribution in [2.45, 2.75) is 52.6 Å². The zero-order valence-electron chi connectivity index (χ0n) is 17.6. The third kappa shape index (κ3) is 3.14. The van der Waals surface area contributed by atoms with Gasteiger partial charge in [-0.25, -0.2) is 0 Å². The third-order valence-corrected chi connectivity index (χ3v) is 6.49. The van der Waals surface area contributed by atoms with Crippen LogP contribution in [0, 0.1) is 22.2 Å². The van der Waals surface area contributed by atoms with Gasteiger partial charge in [-0.15, -0.1) is 0 Å². The Morgan fingerprint density at radius 2 is 1.87 bits per heavy atom. The summed E-state index contributed by atoms with van der Waals surface area (Å²) in [5.74, 6) is -0.0402. The van der Waals surface area contributed by atoms with Crippen molar-refractivity contribution in [2.24, 2.45) is 10.8 Å². The summed E-state index contributed by atoms with van der Waals surface area (Å²) in [5, 5.41) is 9.00. The Morgan fingerprint density at radius 1 is 1.19 bits per heavy atom. The van der Waals surface area contributed by atoms with Crippen LogP contribution in [0.25, 0.3) is 0 Å². The van der Waals surface area contributed by atoms with E-state index in [2.05, 4.69) is 4.98 Å². The van der Waals surface area contributed by atoms with E-state index in [9.17, 15) is 18.0 Å². The molecular weight excluding hydrogens is 407 g/mol. The number of hydrogen-bond donors (Lipinski definition) is 0. The SMILES string of the molecule is CC1(C)C(Oc2ccc(C#N)c(C(F)(F)F)c2)C(C)(C)C1N1Cc2ccncc2C1=O. The van der Waals surface area contributed by atoms with Gasteiger partial charge in [-0.2, -0.15) is 18.4 Å². The largest absolute Gasteiger partial charge is 0.489 e. The number of aromatic nitrogens is 1. The predicted octanol–water partition coefficient (Wildman–Crippen LogP) is 4.81. The van der Waals surface area contributed by atoms with Gasteiger partial charge in [0.25, 0.3) is 5.91 Å². The standard InChI is InChI=1S/C23H22F3N3O2/c1-21(2)19(29-12-14-7-8-28-11-16(14)18(29)30)22(3,4)20(21)31-15-6-5-13(10-27)17(9-15)23(24,25)26/h5-9,11,19-20H,12H2,1-4H3. The molecule has 0 N–H and O–H groups in total. The molecule has 0 bridgehead atoms. The molecule has 1 saturated carbocycles. The number of ether oxygens (including phenoxy) is 1. The first-order valence-electron chi connectivity index (χ1n) is 9.91. The van der Waals surface area contributed by atoms with Gasteiger partial charge in [0.15, 0.2) is 0 Å². The van der Waals surface area contributed by atoms with Crippen LogP contribution in [0.4, 0.5) is 13.2 Å². The van der Waals surface area contributed by atoms with Crippen molar-refractivity contribution >= 4 is 5.91 Å². The molecule has 0 saturated heterocycles. The number of carbonyl (C=O) groups is 1. The summed E-state index contributed by atoms with van der Waals surface area (Å²) in [6.07, 6.45) is -1.87. The fourth-order valence-electron chi connectivity index (χ4n) is 5.65. The Balaban J connectivity index is 1.62. The summed E-state index contributed by atoms with van der Waals surface area (Å²) in [4.78, 5) is 18.8. The molecule has 4 rings (SSSR count). The summed E-state index contributed by atoms with van der Waals surface area (Å²) in [6, 6.07) is 6.62. The highest BCUT2D eigenvalue weighted by Crippen LogP contribution is 2.59. The minimum absolute atomic E-state index is 0.0520. The Bertz CT molecular complexity index is 1090. The van der Waals surface area contributed by atoms with Gasteiger partial charge < -0.3 is 9.64 Å². The zero-order chi connectivity index (χ0) is 22.8. The van der Waals surface area contributed by atoms with Crippen molar-refractivity contribution in [3.63, 3.8) is 0 Å². The molecule has 31 heavy (non-hydrogen) atoms. The molecule has 1 aromatic carbocycles. The number of hydrogen-bond acceptors (Lipinski definition) is 4. The van der Waals surface area contributed by atoms with Gasteiger partial charge in [-0.3, -0.25) is 9.78 Å². The topological polar surface area (TPSA) is 66.2 Å². The van der Waals surface area contributed by atoms with Gasteiger partial charge in [-0.05, 0) is 29.8 Å². The number of benzene rings is 1. The van der Waals surface area contributed by atoms with Crippen molar-refractivity contribution in [2.75, 3.05) is 0 Å². The highest BCUT2D eigenvalue weighted by Gasteiger charge is 2.67. The van der Waals surface area contributed by atoms with Crippen molar-refractivity contribution in [3.05, 3.63) is 58.9 Å². The minimum atomic E-state index is -4.65. The predicted molar refractivity (Wildman–Crippen MR) is 106 cm³/mol. The van der Waals surface area contributed by atoms with Crippen LogP contribution < -0.4 is 4.74 Å². The van der Waals surface area contributed by atoms with Crippen LogP contribution in [0.1, 0.15) is 54.7 Å². The maximum Gasteiger partial charge on any atom is 0.417 e. The van der Waals surface area contributed by atoms with Crippen molar-refractivity contribution in [3.8, 4) is 11.8 Å². The number of rotatable bonds is 3. The molecule has 0 unspecified atom stereocenters. The van der Waals surface area contributed by atoms with Crippen molar-refractivity contribution in [1.29, 1.82) is 5.26 Å². The van der Waals surface area contributed by atoms with Gasteiger partial charge in [0.05, 0.1) is 22.8 Å². The van der Waals surface area contributed by atoms with E-state index in [1.165, 1.54) is 6.07 Å². The van der Waals surface area contributed by atoms with Crippen molar-refractivity contribution < 1.29 is 22.7 Å². The van der Waals surface area contributed by atoms with Gasteiger partial charge in [0, 0.05) is 35.8 Å². The molecular formula is C23H22F3N3O2. The lowest BCUT2D eigenvalue weighted by Crippen LogP contribution is -2.74. The van der Waals surface area contributed by atoms with E-state index >= 15 is 0 Å². The second-order valence-corrected chi connectivity index (χ2v) is 9.33. The first-order chi connectivity index (χ1) is 14.4. The number of carbonyl (C=O) groups excluding carboxylic acids is 1. The van der Waals surface area contributed by atoms with Crippen LogP contribution in [0.5, 0.6) is 5.75 Å². The smallest absolute Gasteiger partial charge is 0.417 e. The quantitative estimate of drug-likeness (QED) is 0.702. The number of pyridine rings is 1. The van der Waals surface area contributed by atoms with Gasteiger partial charge >= 0.3 is 6.18 Å². The molecule has 5 nitrogen and oxygen atoms in total. The average molecular weight is 429 g/mol. The summed E-state index contributed by atoms with van der Waals surface area (Å²) in [7, 11) is 0. The van der Waals surface area contributed by atoms with E-state index in [1.54, 1.807) is 18.5 Å².